The van der Waals surface area contributed by atoms with Crippen molar-refractivity contribution in [2.45, 2.75) is 56.4 Å². The van der Waals surface area contributed by atoms with Crippen molar-refractivity contribution in [2.75, 3.05) is 12.3 Å². The van der Waals surface area contributed by atoms with Gasteiger partial charge >= 0.3 is 0 Å². The molecule has 2 aliphatic heterocycles. The van der Waals surface area contributed by atoms with Crippen molar-refractivity contribution in [3.05, 3.63) is 0 Å². The lowest BCUT2D eigenvalue weighted by Gasteiger charge is -2.46. The van der Waals surface area contributed by atoms with Crippen molar-refractivity contribution in [1.29, 1.82) is 0 Å². The fraction of sp³-hybridized carbons (Fsp3) is 1.00. The monoisotopic (exact) mass is 229 g/mol. The Bertz CT molecular complexity index is 224. The number of piperidine rings is 1. The predicted octanol–water partition coefficient (Wildman–Crippen LogP) is 2.02. The summed E-state index contributed by atoms with van der Waals surface area (Å²) in [6, 6.07) is 0.323. The summed E-state index contributed by atoms with van der Waals surface area (Å²) >= 11 is 1.93. The number of rotatable bonds is 1. The molecule has 2 rings (SSSR count). The van der Waals surface area contributed by atoms with Crippen molar-refractivity contribution in [3.63, 3.8) is 0 Å². The molecule has 4 atom stereocenters. The first-order valence-corrected chi connectivity index (χ1v) is 7.25. The summed E-state index contributed by atoms with van der Waals surface area (Å²) in [6.45, 7) is 5.56. The van der Waals surface area contributed by atoms with E-state index in [-0.39, 0.29) is 0 Å². The van der Waals surface area contributed by atoms with Gasteiger partial charge in [0.25, 0.3) is 0 Å². The van der Waals surface area contributed by atoms with E-state index in [9.17, 15) is 5.11 Å². The maximum Gasteiger partial charge on any atom is 0.0915 e. The Hall–Kier alpha value is 0.270. The van der Waals surface area contributed by atoms with Gasteiger partial charge in [-0.25, -0.2) is 0 Å². The standard InChI is InChI=1S/C12H23NOS/c1-9-4-6-13-11(8-9)12(14)5-3-7-15-10(12)2/h9-11,13-14H,3-8H2,1-2H3. The Morgan fingerprint density at radius 1 is 1.40 bits per heavy atom. The first-order valence-electron chi connectivity index (χ1n) is 6.20. The number of aliphatic hydroxyl groups is 1. The number of hydrogen-bond acceptors (Lipinski definition) is 3. The van der Waals surface area contributed by atoms with Gasteiger partial charge in [0.05, 0.1) is 5.60 Å². The molecule has 0 radical (unpaired) electrons. The Kier molecular flexibility index (Phi) is 3.63. The van der Waals surface area contributed by atoms with Gasteiger partial charge in [0, 0.05) is 11.3 Å². The van der Waals surface area contributed by atoms with Crippen LogP contribution in [0.1, 0.15) is 39.5 Å². The largest absolute Gasteiger partial charge is 0.387 e. The Morgan fingerprint density at radius 3 is 2.87 bits per heavy atom. The van der Waals surface area contributed by atoms with E-state index in [2.05, 4.69) is 19.2 Å². The topological polar surface area (TPSA) is 32.3 Å². The average Bonchev–Trinajstić information content (AvgIpc) is 2.23. The second kappa shape index (κ2) is 4.64. The molecular formula is C12H23NOS. The smallest absolute Gasteiger partial charge is 0.0915 e. The van der Waals surface area contributed by atoms with E-state index in [4.69, 9.17) is 0 Å². The maximum absolute atomic E-state index is 10.8. The fourth-order valence-corrected chi connectivity index (χ4v) is 4.14. The molecular weight excluding hydrogens is 206 g/mol. The van der Waals surface area contributed by atoms with Gasteiger partial charge in [-0.15, -0.1) is 0 Å². The second-order valence-electron chi connectivity index (χ2n) is 5.24. The third-order valence-corrected chi connectivity index (χ3v) is 5.50. The quantitative estimate of drug-likeness (QED) is 0.721. The fourth-order valence-electron chi connectivity index (χ4n) is 2.91. The molecule has 0 amide bonds. The zero-order valence-electron chi connectivity index (χ0n) is 9.83. The SMILES string of the molecule is CC1CCNC(C2(O)CCCSC2C)C1. The molecule has 88 valence electrons. The van der Waals surface area contributed by atoms with E-state index < -0.39 is 5.60 Å². The first-order chi connectivity index (χ1) is 7.13. The summed E-state index contributed by atoms with van der Waals surface area (Å²) in [7, 11) is 0. The minimum atomic E-state index is -0.461. The van der Waals surface area contributed by atoms with Gasteiger partial charge in [0.1, 0.15) is 0 Å². The molecule has 2 nitrogen and oxygen atoms in total. The van der Waals surface area contributed by atoms with Crippen LogP contribution in [-0.4, -0.2) is 34.3 Å². The van der Waals surface area contributed by atoms with Crippen molar-refractivity contribution in [2.24, 2.45) is 5.92 Å². The first kappa shape index (κ1) is 11.7. The highest BCUT2D eigenvalue weighted by molar-refractivity contribution is 8.00. The van der Waals surface area contributed by atoms with Crippen LogP contribution in [0, 0.1) is 5.92 Å². The van der Waals surface area contributed by atoms with E-state index in [0.717, 1.165) is 31.7 Å². The number of hydrogen-bond donors (Lipinski definition) is 2. The molecule has 2 N–H and O–H groups in total. The molecule has 2 aliphatic rings. The van der Waals surface area contributed by atoms with Crippen LogP contribution in [0.2, 0.25) is 0 Å². The van der Waals surface area contributed by atoms with Gasteiger partial charge in [-0.2, -0.15) is 11.8 Å². The molecule has 4 unspecified atom stereocenters. The lowest BCUT2D eigenvalue weighted by atomic mass is 9.79. The van der Waals surface area contributed by atoms with Crippen molar-refractivity contribution in [1.82, 2.24) is 5.32 Å². The van der Waals surface area contributed by atoms with Crippen LogP contribution in [0.5, 0.6) is 0 Å². The Morgan fingerprint density at radius 2 is 2.20 bits per heavy atom. The van der Waals surface area contributed by atoms with Crippen LogP contribution >= 0.6 is 11.8 Å². The maximum atomic E-state index is 10.8. The zero-order valence-corrected chi connectivity index (χ0v) is 10.6. The molecule has 15 heavy (non-hydrogen) atoms. The molecule has 2 saturated heterocycles. The van der Waals surface area contributed by atoms with Crippen LogP contribution in [0.15, 0.2) is 0 Å². The van der Waals surface area contributed by atoms with Crippen LogP contribution in [0.4, 0.5) is 0 Å². The van der Waals surface area contributed by atoms with E-state index in [1.54, 1.807) is 0 Å². The van der Waals surface area contributed by atoms with Gasteiger partial charge in [0.2, 0.25) is 0 Å². The molecule has 0 saturated carbocycles. The van der Waals surface area contributed by atoms with Crippen molar-refractivity contribution < 1.29 is 5.11 Å². The highest BCUT2D eigenvalue weighted by Crippen LogP contribution is 2.39. The van der Waals surface area contributed by atoms with E-state index in [1.165, 1.54) is 12.2 Å². The van der Waals surface area contributed by atoms with Gasteiger partial charge in [-0.1, -0.05) is 13.8 Å². The summed E-state index contributed by atoms with van der Waals surface area (Å²) < 4.78 is 0. The molecule has 0 bridgehead atoms. The van der Waals surface area contributed by atoms with Gasteiger partial charge in [-0.05, 0) is 43.9 Å². The molecule has 2 fully saturated rings. The Balaban J connectivity index is 2.05. The van der Waals surface area contributed by atoms with Crippen molar-refractivity contribution >= 4 is 11.8 Å². The molecule has 0 aliphatic carbocycles. The predicted molar refractivity (Wildman–Crippen MR) is 66.3 cm³/mol. The van der Waals surface area contributed by atoms with Gasteiger partial charge < -0.3 is 10.4 Å². The summed E-state index contributed by atoms with van der Waals surface area (Å²) in [5.41, 5.74) is -0.461. The summed E-state index contributed by atoms with van der Waals surface area (Å²) in [5.74, 6) is 1.98. The molecule has 0 aromatic carbocycles. The lowest BCUT2D eigenvalue weighted by Crippen LogP contribution is -2.59. The molecule has 0 aromatic heterocycles. The molecule has 0 aromatic rings. The molecule has 2 heterocycles. The molecule has 3 heteroatoms. The highest BCUT2D eigenvalue weighted by atomic mass is 32.2. The third kappa shape index (κ3) is 2.34. The van der Waals surface area contributed by atoms with Crippen LogP contribution < -0.4 is 5.32 Å². The summed E-state index contributed by atoms with van der Waals surface area (Å²) in [4.78, 5) is 0. The zero-order chi connectivity index (χ0) is 10.9. The number of thioether (sulfide) groups is 1. The molecule has 0 spiro atoms. The van der Waals surface area contributed by atoms with E-state index in [0.29, 0.717) is 11.3 Å². The van der Waals surface area contributed by atoms with Crippen LogP contribution in [0.25, 0.3) is 0 Å². The minimum Gasteiger partial charge on any atom is -0.387 e. The van der Waals surface area contributed by atoms with Crippen LogP contribution in [-0.2, 0) is 0 Å². The third-order valence-electron chi connectivity index (χ3n) is 4.06. The summed E-state index contributed by atoms with van der Waals surface area (Å²) in [5, 5.41) is 14.7. The minimum absolute atomic E-state index is 0.323. The second-order valence-corrected chi connectivity index (χ2v) is 6.69. The lowest BCUT2D eigenvalue weighted by molar-refractivity contribution is -0.0220. The number of nitrogens with one attached hydrogen (secondary N) is 1. The van der Waals surface area contributed by atoms with Crippen LogP contribution in [0.3, 0.4) is 0 Å². The normalized spacial score (nSPS) is 47.8. The van der Waals surface area contributed by atoms with E-state index >= 15 is 0 Å². The average molecular weight is 229 g/mol. The highest BCUT2D eigenvalue weighted by Gasteiger charge is 2.44. The van der Waals surface area contributed by atoms with E-state index in [1.807, 2.05) is 11.8 Å². The van der Waals surface area contributed by atoms with Crippen molar-refractivity contribution in [3.8, 4) is 0 Å². The Labute approximate surface area is 97.2 Å². The van der Waals surface area contributed by atoms with Gasteiger partial charge in [0.15, 0.2) is 0 Å². The summed E-state index contributed by atoms with van der Waals surface area (Å²) in [6.07, 6.45) is 4.54. The van der Waals surface area contributed by atoms with Gasteiger partial charge in [-0.3, -0.25) is 0 Å².